The van der Waals surface area contributed by atoms with E-state index in [1.165, 1.54) is 0 Å². The molecule has 0 aliphatic carbocycles. The average Bonchev–Trinajstić information content (AvgIpc) is 2.11. The second kappa shape index (κ2) is 6.68. The molecular weight excluding hydrogens is 170 g/mol. The van der Waals surface area contributed by atoms with Crippen molar-refractivity contribution in [1.82, 2.24) is 5.32 Å². The minimum Gasteiger partial charge on any atom is -0.409 e. The number of rotatable bonds is 6. The van der Waals surface area contributed by atoms with Gasteiger partial charge in [-0.3, -0.25) is 0 Å². The Morgan fingerprint density at radius 1 is 1.54 bits per heavy atom. The third kappa shape index (κ3) is 5.43. The SMILES string of the molecule is CC(C)C(CCO)NCC(N)=NO. The van der Waals surface area contributed by atoms with Crippen LogP contribution < -0.4 is 11.1 Å². The molecule has 0 bridgehead atoms. The summed E-state index contributed by atoms with van der Waals surface area (Å²) in [4.78, 5) is 0. The van der Waals surface area contributed by atoms with E-state index < -0.39 is 0 Å². The van der Waals surface area contributed by atoms with Crippen molar-refractivity contribution in [2.45, 2.75) is 26.3 Å². The van der Waals surface area contributed by atoms with Crippen LogP contribution in [0.2, 0.25) is 0 Å². The van der Waals surface area contributed by atoms with Crippen LogP contribution in [0.5, 0.6) is 0 Å². The predicted octanol–water partition coefficient (Wildman–Crippen LogP) is -0.271. The first-order chi connectivity index (χ1) is 6.11. The Morgan fingerprint density at radius 3 is 2.54 bits per heavy atom. The predicted molar refractivity (Wildman–Crippen MR) is 51.7 cm³/mol. The van der Waals surface area contributed by atoms with E-state index in [0.717, 1.165) is 0 Å². The van der Waals surface area contributed by atoms with Crippen molar-refractivity contribution < 1.29 is 10.3 Å². The fourth-order valence-corrected chi connectivity index (χ4v) is 1.08. The molecule has 0 aliphatic heterocycles. The fourth-order valence-electron chi connectivity index (χ4n) is 1.08. The Morgan fingerprint density at radius 2 is 2.15 bits per heavy atom. The van der Waals surface area contributed by atoms with Gasteiger partial charge in [0.1, 0.15) is 0 Å². The van der Waals surface area contributed by atoms with E-state index in [-0.39, 0.29) is 18.5 Å². The third-order valence-corrected chi connectivity index (χ3v) is 1.92. The van der Waals surface area contributed by atoms with E-state index in [9.17, 15) is 0 Å². The standard InChI is InChI=1S/C8H19N3O2/c1-6(2)7(3-4-12)10-5-8(9)11-13/h6-7,10,12-13H,3-5H2,1-2H3,(H2,9,11). The molecule has 13 heavy (non-hydrogen) atoms. The maximum Gasteiger partial charge on any atom is 0.153 e. The van der Waals surface area contributed by atoms with Gasteiger partial charge in [-0.1, -0.05) is 19.0 Å². The molecule has 0 rings (SSSR count). The number of amidine groups is 1. The Labute approximate surface area is 78.6 Å². The van der Waals surface area contributed by atoms with Gasteiger partial charge in [0.05, 0.1) is 6.54 Å². The molecule has 0 aliphatic rings. The largest absolute Gasteiger partial charge is 0.409 e. The average molecular weight is 189 g/mol. The van der Waals surface area contributed by atoms with Crippen molar-refractivity contribution in [3.63, 3.8) is 0 Å². The summed E-state index contributed by atoms with van der Waals surface area (Å²) in [5, 5.41) is 23.0. The van der Waals surface area contributed by atoms with E-state index >= 15 is 0 Å². The fraction of sp³-hybridized carbons (Fsp3) is 0.875. The molecule has 0 heterocycles. The van der Waals surface area contributed by atoms with Crippen LogP contribution in [0.4, 0.5) is 0 Å². The van der Waals surface area contributed by atoms with Gasteiger partial charge in [-0.15, -0.1) is 0 Å². The molecular formula is C8H19N3O2. The summed E-state index contributed by atoms with van der Waals surface area (Å²) < 4.78 is 0. The van der Waals surface area contributed by atoms with Crippen LogP contribution in [-0.2, 0) is 0 Å². The van der Waals surface area contributed by atoms with E-state index in [4.69, 9.17) is 16.0 Å². The zero-order valence-corrected chi connectivity index (χ0v) is 8.20. The molecule has 0 saturated heterocycles. The maximum atomic E-state index is 8.76. The van der Waals surface area contributed by atoms with Crippen LogP contribution in [-0.4, -0.2) is 35.3 Å². The highest BCUT2D eigenvalue weighted by Gasteiger charge is 2.11. The highest BCUT2D eigenvalue weighted by molar-refractivity contribution is 5.81. The molecule has 1 unspecified atom stereocenters. The molecule has 5 nitrogen and oxygen atoms in total. The van der Waals surface area contributed by atoms with Crippen LogP contribution in [0.15, 0.2) is 5.16 Å². The number of hydrogen-bond donors (Lipinski definition) is 4. The molecule has 0 aromatic carbocycles. The molecule has 5 heteroatoms. The smallest absolute Gasteiger partial charge is 0.153 e. The van der Waals surface area contributed by atoms with E-state index in [0.29, 0.717) is 18.9 Å². The summed E-state index contributed by atoms with van der Waals surface area (Å²) in [5.41, 5.74) is 5.29. The monoisotopic (exact) mass is 189 g/mol. The summed E-state index contributed by atoms with van der Waals surface area (Å²) >= 11 is 0. The van der Waals surface area contributed by atoms with E-state index in [1.807, 2.05) is 0 Å². The highest BCUT2D eigenvalue weighted by Crippen LogP contribution is 2.04. The lowest BCUT2D eigenvalue weighted by atomic mass is 10.0. The van der Waals surface area contributed by atoms with E-state index in [2.05, 4.69) is 24.3 Å². The molecule has 78 valence electrons. The molecule has 5 N–H and O–H groups in total. The molecule has 0 radical (unpaired) electrons. The Bertz CT molecular complexity index is 159. The number of nitrogens with zero attached hydrogens (tertiary/aromatic N) is 1. The quantitative estimate of drug-likeness (QED) is 0.200. The number of oxime groups is 1. The van der Waals surface area contributed by atoms with Gasteiger partial charge in [0.15, 0.2) is 5.84 Å². The number of nitrogens with one attached hydrogen (secondary N) is 1. The van der Waals surface area contributed by atoms with Crippen molar-refractivity contribution in [3.05, 3.63) is 0 Å². The van der Waals surface area contributed by atoms with Crippen LogP contribution >= 0.6 is 0 Å². The van der Waals surface area contributed by atoms with Gasteiger partial charge < -0.3 is 21.4 Å². The first kappa shape index (κ1) is 12.2. The number of hydrogen-bond acceptors (Lipinski definition) is 4. The minimum atomic E-state index is 0.145. The van der Waals surface area contributed by atoms with Crippen molar-refractivity contribution in [2.24, 2.45) is 16.8 Å². The van der Waals surface area contributed by atoms with Crippen LogP contribution in [0.3, 0.4) is 0 Å². The minimum absolute atomic E-state index is 0.145. The van der Waals surface area contributed by atoms with Crippen molar-refractivity contribution >= 4 is 5.84 Å². The topological polar surface area (TPSA) is 90.9 Å². The summed E-state index contributed by atoms with van der Waals surface area (Å²) in [6.45, 7) is 4.60. The van der Waals surface area contributed by atoms with Gasteiger partial charge in [-0.2, -0.15) is 0 Å². The zero-order chi connectivity index (χ0) is 10.3. The second-order valence-corrected chi connectivity index (χ2v) is 3.34. The lowest BCUT2D eigenvalue weighted by molar-refractivity contribution is 0.247. The first-order valence-corrected chi connectivity index (χ1v) is 4.42. The lowest BCUT2D eigenvalue weighted by Crippen LogP contribution is -2.40. The van der Waals surface area contributed by atoms with Gasteiger partial charge in [0.25, 0.3) is 0 Å². The van der Waals surface area contributed by atoms with Crippen LogP contribution in [0.1, 0.15) is 20.3 Å². The molecule has 0 fully saturated rings. The molecule has 0 amide bonds. The van der Waals surface area contributed by atoms with Gasteiger partial charge in [0, 0.05) is 12.6 Å². The second-order valence-electron chi connectivity index (χ2n) is 3.34. The number of nitrogens with two attached hydrogens (primary N) is 1. The highest BCUT2D eigenvalue weighted by atomic mass is 16.4. The normalized spacial score (nSPS) is 14.9. The lowest BCUT2D eigenvalue weighted by Gasteiger charge is -2.20. The van der Waals surface area contributed by atoms with Crippen molar-refractivity contribution in [3.8, 4) is 0 Å². The van der Waals surface area contributed by atoms with Gasteiger partial charge in [-0.05, 0) is 12.3 Å². The Hall–Kier alpha value is -0.810. The first-order valence-electron chi connectivity index (χ1n) is 4.42. The van der Waals surface area contributed by atoms with E-state index in [1.54, 1.807) is 0 Å². The molecule has 0 aromatic rings. The van der Waals surface area contributed by atoms with Gasteiger partial charge in [-0.25, -0.2) is 0 Å². The van der Waals surface area contributed by atoms with Crippen LogP contribution in [0, 0.1) is 5.92 Å². The molecule has 0 saturated carbocycles. The Kier molecular flexibility index (Phi) is 6.26. The van der Waals surface area contributed by atoms with Crippen LogP contribution in [0.25, 0.3) is 0 Å². The molecule has 1 atom stereocenters. The summed E-state index contributed by atoms with van der Waals surface area (Å²) in [6, 6.07) is 0.199. The summed E-state index contributed by atoms with van der Waals surface area (Å²) in [7, 11) is 0. The number of aliphatic hydroxyl groups is 1. The van der Waals surface area contributed by atoms with Gasteiger partial charge >= 0.3 is 0 Å². The number of aliphatic hydroxyl groups excluding tert-OH is 1. The summed E-state index contributed by atoms with van der Waals surface area (Å²) in [5.74, 6) is 0.572. The molecule has 0 spiro atoms. The summed E-state index contributed by atoms with van der Waals surface area (Å²) in [6.07, 6.45) is 0.677. The third-order valence-electron chi connectivity index (χ3n) is 1.92. The van der Waals surface area contributed by atoms with Crippen molar-refractivity contribution in [1.29, 1.82) is 0 Å². The Balaban J connectivity index is 3.82. The van der Waals surface area contributed by atoms with Crippen molar-refractivity contribution in [2.75, 3.05) is 13.2 Å². The van der Waals surface area contributed by atoms with Gasteiger partial charge in [0.2, 0.25) is 0 Å². The zero-order valence-electron chi connectivity index (χ0n) is 8.20. The maximum absolute atomic E-state index is 8.76. The molecule has 0 aromatic heterocycles.